The first-order chi connectivity index (χ1) is 15.4. The molecule has 3 aromatic carbocycles. The summed E-state index contributed by atoms with van der Waals surface area (Å²) in [7, 11) is -5.04. The molecule has 4 aromatic rings. The molecule has 1 atom stereocenters. The number of para-hydroxylation sites is 1. The summed E-state index contributed by atoms with van der Waals surface area (Å²) in [6.45, 7) is 1.89. The number of aryl methyl sites for hydroxylation is 1. The third-order valence-corrected chi connectivity index (χ3v) is 7.68. The Bertz CT molecular complexity index is 1380. The van der Waals surface area contributed by atoms with Crippen LogP contribution in [0, 0.1) is 6.92 Å². The molecule has 8 heteroatoms. The van der Waals surface area contributed by atoms with E-state index in [1.54, 1.807) is 48.5 Å². The SMILES string of the molecule is Cc1ccc(S(=O)(=O)N2B(c3ccccc3)OC(=O)[C@@H]2Cc2c[nH]c3ccccc23)cc1. The third-order valence-electron chi connectivity index (χ3n) is 5.81. The summed E-state index contributed by atoms with van der Waals surface area (Å²) in [4.78, 5) is 16.3. The first-order valence-corrected chi connectivity index (χ1v) is 11.8. The Labute approximate surface area is 187 Å². The molecular formula is C24H21BN2O4S. The van der Waals surface area contributed by atoms with E-state index in [0.717, 1.165) is 22.0 Å². The maximum Gasteiger partial charge on any atom is 0.502 e. The maximum atomic E-state index is 13.8. The molecule has 160 valence electrons. The predicted octanol–water partition coefficient (Wildman–Crippen LogP) is 3.03. The molecule has 5 rings (SSSR count). The highest BCUT2D eigenvalue weighted by molar-refractivity contribution is 7.90. The molecule has 0 bridgehead atoms. The Hall–Kier alpha value is -3.36. The largest absolute Gasteiger partial charge is 0.514 e. The highest BCUT2D eigenvalue weighted by Gasteiger charge is 2.53. The van der Waals surface area contributed by atoms with Crippen LogP contribution in [0.2, 0.25) is 0 Å². The van der Waals surface area contributed by atoms with E-state index in [2.05, 4.69) is 4.98 Å². The van der Waals surface area contributed by atoms with Crippen molar-refractivity contribution in [3.8, 4) is 0 Å². The fourth-order valence-corrected chi connectivity index (χ4v) is 5.78. The van der Waals surface area contributed by atoms with Gasteiger partial charge < -0.3 is 9.64 Å². The van der Waals surface area contributed by atoms with Crippen molar-refractivity contribution in [2.45, 2.75) is 24.3 Å². The number of H-pyrrole nitrogens is 1. The summed E-state index contributed by atoms with van der Waals surface area (Å²) >= 11 is 0. The van der Waals surface area contributed by atoms with E-state index < -0.39 is 29.1 Å². The Morgan fingerprint density at radius 1 is 0.969 bits per heavy atom. The van der Waals surface area contributed by atoms with Crippen LogP contribution in [-0.2, 0) is 25.9 Å². The van der Waals surface area contributed by atoms with E-state index in [9.17, 15) is 13.2 Å². The van der Waals surface area contributed by atoms with E-state index in [-0.39, 0.29) is 11.3 Å². The van der Waals surface area contributed by atoms with Gasteiger partial charge in [0.15, 0.2) is 0 Å². The van der Waals surface area contributed by atoms with Crippen LogP contribution < -0.4 is 5.46 Å². The molecule has 0 spiro atoms. The van der Waals surface area contributed by atoms with Gasteiger partial charge in [-0.05, 0) is 36.1 Å². The van der Waals surface area contributed by atoms with Crippen molar-refractivity contribution < 1.29 is 17.9 Å². The number of hydrogen-bond acceptors (Lipinski definition) is 4. The molecule has 1 aromatic heterocycles. The van der Waals surface area contributed by atoms with Gasteiger partial charge in [0.2, 0.25) is 10.0 Å². The van der Waals surface area contributed by atoms with Crippen molar-refractivity contribution in [3.05, 3.63) is 96.2 Å². The lowest BCUT2D eigenvalue weighted by Crippen LogP contribution is -2.51. The number of aromatic amines is 1. The van der Waals surface area contributed by atoms with E-state index in [1.807, 2.05) is 43.5 Å². The summed E-state index contributed by atoms with van der Waals surface area (Å²) in [5, 5.41) is 0.955. The molecule has 1 fully saturated rings. The minimum atomic E-state index is -4.01. The molecule has 0 radical (unpaired) electrons. The summed E-state index contributed by atoms with van der Waals surface area (Å²) in [6.07, 6.45) is 2.03. The number of nitrogens with one attached hydrogen (secondary N) is 1. The monoisotopic (exact) mass is 444 g/mol. The lowest BCUT2D eigenvalue weighted by Gasteiger charge is -2.23. The molecular weight excluding hydrogens is 423 g/mol. The van der Waals surface area contributed by atoms with Crippen molar-refractivity contribution >= 4 is 39.4 Å². The number of nitrogens with zero attached hydrogens (tertiary/aromatic N) is 1. The van der Waals surface area contributed by atoms with Crippen molar-refractivity contribution in [3.63, 3.8) is 0 Å². The molecule has 6 nitrogen and oxygen atoms in total. The van der Waals surface area contributed by atoms with Gasteiger partial charge in [0.1, 0.15) is 6.04 Å². The number of hydrogen-bond donors (Lipinski definition) is 1. The topological polar surface area (TPSA) is 79.5 Å². The molecule has 1 aliphatic rings. The molecule has 0 amide bonds. The second kappa shape index (κ2) is 7.96. The van der Waals surface area contributed by atoms with Crippen LogP contribution in [0.25, 0.3) is 10.9 Å². The fourth-order valence-electron chi connectivity index (χ4n) is 4.15. The summed E-state index contributed by atoms with van der Waals surface area (Å²) in [5.74, 6) is -0.556. The summed E-state index contributed by atoms with van der Waals surface area (Å²) in [6, 6.07) is 22.4. The highest BCUT2D eigenvalue weighted by Crippen LogP contribution is 2.30. The number of benzene rings is 3. The summed E-state index contributed by atoms with van der Waals surface area (Å²) < 4.78 is 34.4. The third kappa shape index (κ3) is 3.51. The van der Waals surface area contributed by atoms with Crippen LogP contribution in [0.1, 0.15) is 11.1 Å². The zero-order chi connectivity index (χ0) is 22.3. The number of rotatable bonds is 5. The second-order valence-electron chi connectivity index (χ2n) is 7.93. The summed E-state index contributed by atoms with van der Waals surface area (Å²) in [5.41, 5.74) is 3.35. The van der Waals surface area contributed by atoms with Crippen LogP contribution in [0.3, 0.4) is 0 Å². The average molecular weight is 444 g/mol. The minimum Gasteiger partial charge on any atom is -0.514 e. The van der Waals surface area contributed by atoms with E-state index >= 15 is 0 Å². The van der Waals surface area contributed by atoms with Crippen LogP contribution in [0.15, 0.2) is 90.0 Å². The standard InChI is InChI=1S/C24H21BN2O4S/c1-17-11-13-20(14-12-17)32(29,30)27-23(15-18-16-26-22-10-6-5-9-21(18)22)24(28)31-25(27)19-7-3-2-4-8-19/h2-14,16,23,26H,15H2,1H3/t23-/m0/s1. The molecule has 1 saturated heterocycles. The quantitative estimate of drug-likeness (QED) is 0.480. The van der Waals surface area contributed by atoms with Gasteiger partial charge in [-0.2, -0.15) is 4.22 Å². The molecule has 32 heavy (non-hydrogen) atoms. The molecule has 0 unspecified atom stereocenters. The lowest BCUT2D eigenvalue weighted by atomic mass is 9.74. The minimum absolute atomic E-state index is 0.131. The van der Waals surface area contributed by atoms with E-state index in [0.29, 0.717) is 5.46 Å². The van der Waals surface area contributed by atoms with Crippen LogP contribution in [-0.4, -0.2) is 36.7 Å². The molecule has 2 heterocycles. The number of carbonyl (C=O) groups excluding carboxylic acids is 1. The van der Waals surface area contributed by atoms with Gasteiger partial charge in [0, 0.05) is 23.5 Å². The van der Waals surface area contributed by atoms with Gasteiger partial charge in [-0.25, -0.2) is 8.42 Å². The Morgan fingerprint density at radius 2 is 1.66 bits per heavy atom. The lowest BCUT2D eigenvalue weighted by molar-refractivity contribution is -0.134. The number of aromatic nitrogens is 1. The number of carbonyl (C=O) groups is 1. The van der Waals surface area contributed by atoms with Crippen LogP contribution in [0.4, 0.5) is 0 Å². The van der Waals surface area contributed by atoms with Gasteiger partial charge in [0.25, 0.3) is 0 Å². The van der Waals surface area contributed by atoms with Gasteiger partial charge in [-0.3, -0.25) is 4.79 Å². The Morgan fingerprint density at radius 3 is 2.41 bits per heavy atom. The number of sulfonamides is 1. The zero-order valence-corrected chi connectivity index (χ0v) is 18.2. The zero-order valence-electron chi connectivity index (χ0n) is 17.4. The molecule has 1 N–H and O–H groups in total. The first kappa shape index (κ1) is 20.5. The smallest absolute Gasteiger partial charge is 0.502 e. The average Bonchev–Trinajstić information content (AvgIpc) is 3.36. The molecule has 0 saturated carbocycles. The number of fused-ring (bicyclic) bond motifs is 1. The normalized spacial score (nSPS) is 17.1. The molecule has 0 aliphatic carbocycles. The second-order valence-corrected chi connectivity index (χ2v) is 9.77. The predicted molar refractivity (Wildman–Crippen MR) is 124 cm³/mol. The van der Waals surface area contributed by atoms with Crippen LogP contribution >= 0.6 is 0 Å². The van der Waals surface area contributed by atoms with Crippen LogP contribution in [0.5, 0.6) is 0 Å². The Balaban J connectivity index is 1.61. The van der Waals surface area contributed by atoms with Gasteiger partial charge in [-0.1, -0.05) is 66.2 Å². The first-order valence-electron chi connectivity index (χ1n) is 10.4. The van der Waals surface area contributed by atoms with E-state index in [1.165, 1.54) is 4.22 Å². The van der Waals surface area contributed by atoms with Gasteiger partial charge >= 0.3 is 13.0 Å². The van der Waals surface area contributed by atoms with Crippen molar-refractivity contribution in [2.75, 3.05) is 0 Å². The molecule has 1 aliphatic heterocycles. The van der Waals surface area contributed by atoms with Gasteiger partial charge in [0.05, 0.1) is 4.90 Å². The van der Waals surface area contributed by atoms with Crippen molar-refractivity contribution in [1.82, 2.24) is 9.20 Å². The maximum absolute atomic E-state index is 13.8. The Kier molecular flexibility index (Phi) is 5.11. The van der Waals surface area contributed by atoms with Crippen molar-refractivity contribution in [1.29, 1.82) is 0 Å². The van der Waals surface area contributed by atoms with E-state index in [4.69, 9.17) is 4.65 Å². The highest BCUT2D eigenvalue weighted by atomic mass is 32.2. The van der Waals surface area contributed by atoms with Gasteiger partial charge in [-0.15, -0.1) is 0 Å². The fraction of sp³-hybridized carbons (Fsp3) is 0.125. The van der Waals surface area contributed by atoms with Crippen molar-refractivity contribution in [2.24, 2.45) is 0 Å².